The zero-order valence-corrected chi connectivity index (χ0v) is 12.9. The molecule has 4 heteroatoms. The molecule has 1 fully saturated rings. The molecule has 0 heterocycles. The largest absolute Gasteiger partial charge is 0.390 e. The fourth-order valence-corrected chi connectivity index (χ4v) is 3.00. The molecule has 1 nitrogen and oxygen atoms in total. The quantitative estimate of drug-likeness (QED) is 0.784. The van der Waals surface area contributed by atoms with Crippen LogP contribution >= 0.6 is 15.9 Å². The van der Waals surface area contributed by atoms with E-state index in [1.165, 1.54) is 12.1 Å². The topological polar surface area (TPSA) is 20.2 Å². The summed E-state index contributed by atoms with van der Waals surface area (Å²) in [6.45, 7) is 4.32. The second kappa shape index (κ2) is 5.13. The van der Waals surface area contributed by atoms with Crippen LogP contribution in [-0.4, -0.2) is 10.7 Å². The monoisotopic (exact) mass is 332 g/mol. The predicted molar refractivity (Wildman–Crippen MR) is 75.0 cm³/mol. The van der Waals surface area contributed by atoms with Crippen LogP contribution in [0.3, 0.4) is 0 Å². The lowest BCUT2D eigenvalue weighted by Gasteiger charge is -2.40. The van der Waals surface area contributed by atoms with Crippen molar-refractivity contribution < 1.29 is 13.9 Å². The summed E-state index contributed by atoms with van der Waals surface area (Å²) in [5.74, 6) is -1.18. The van der Waals surface area contributed by atoms with Gasteiger partial charge in [0, 0.05) is 12.0 Å². The number of hydrogen-bond acceptors (Lipinski definition) is 1. The average Bonchev–Trinajstić information content (AvgIpc) is 2.35. The number of halogens is 3. The van der Waals surface area contributed by atoms with E-state index in [-0.39, 0.29) is 21.9 Å². The van der Waals surface area contributed by atoms with E-state index in [2.05, 4.69) is 29.8 Å². The zero-order chi connectivity index (χ0) is 14.3. The van der Waals surface area contributed by atoms with Gasteiger partial charge in [-0.3, -0.25) is 0 Å². The van der Waals surface area contributed by atoms with Crippen molar-refractivity contribution >= 4 is 15.9 Å². The molecule has 1 saturated carbocycles. The van der Waals surface area contributed by atoms with Crippen molar-refractivity contribution in [3.05, 3.63) is 33.8 Å². The maximum atomic E-state index is 13.9. The third-order valence-corrected chi connectivity index (χ3v) is 4.79. The first-order chi connectivity index (χ1) is 8.72. The van der Waals surface area contributed by atoms with Gasteiger partial charge >= 0.3 is 0 Å². The van der Waals surface area contributed by atoms with E-state index in [9.17, 15) is 13.9 Å². The van der Waals surface area contributed by atoms with Gasteiger partial charge in [-0.05, 0) is 59.2 Å². The molecule has 0 saturated heterocycles. The fourth-order valence-electron chi connectivity index (χ4n) is 2.63. The van der Waals surface area contributed by atoms with Crippen LogP contribution in [0.5, 0.6) is 0 Å². The zero-order valence-electron chi connectivity index (χ0n) is 11.3. The van der Waals surface area contributed by atoms with Crippen molar-refractivity contribution in [1.82, 2.24) is 0 Å². The summed E-state index contributed by atoms with van der Waals surface area (Å²) in [5, 5.41) is 10.5. The van der Waals surface area contributed by atoms with Gasteiger partial charge in [0.15, 0.2) is 0 Å². The lowest BCUT2D eigenvalue weighted by Crippen LogP contribution is -2.39. The number of aliphatic hydroxyl groups is 1. The molecule has 19 heavy (non-hydrogen) atoms. The highest BCUT2D eigenvalue weighted by Crippen LogP contribution is 2.42. The Kier molecular flexibility index (Phi) is 4.03. The summed E-state index contributed by atoms with van der Waals surface area (Å²) in [7, 11) is 0. The van der Waals surface area contributed by atoms with Crippen LogP contribution in [0.2, 0.25) is 0 Å². The highest BCUT2D eigenvalue weighted by molar-refractivity contribution is 9.10. The minimum atomic E-state index is -0.988. The van der Waals surface area contributed by atoms with Crippen molar-refractivity contribution in [1.29, 1.82) is 0 Å². The van der Waals surface area contributed by atoms with E-state index in [1.807, 2.05) is 0 Å². The summed E-state index contributed by atoms with van der Waals surface area (Å²) < 4.78 is 27.9. The smallest absolute Gasteiger partial charge is 0.143 e. The standard InChI is InChI=1S/C15H19BrF2O/c1-14(2)5-7-15(19,8-6-14)9-10-12(17)4-3-11(16)13(10)18/h3-4,19H,5-9H2,1-2H3. The number of hydrogen-bond donors (Lipinski definition) is 1. The van der Waals surface area contributed by atoms with Gasteiger partial charge in [-0.15, -0.1) is 0 Å². The summed E-state index contributed by atoms with van der Waals surface area (Å²) in [6.07, 6.45) is 2.97. The highest BCUT2D eigenvalue weighted by Gasteiger charge is 2.37. The van der Waals surface area contributed by atoms with Gasteiger partial charge in [-0.25, -0.2) is 8.78 Å². The van der Waals surface area contributed by atoms with Crippen LogP contribution in [0.25, 0.3) is 0 Å². The Balaban J connectivity index is 2.20. The minimum Gasteiger partial charge on any atom is -0.390 e. The Hall–Kier alpha value is -0.480. The van der Waals surface area contributed by atoms with Crippen molar-refractivity contribution in [2.75, 3.05) is 0 Å². The molecule has 0 aliphatic heterocycles. The molecular weight excluding hydrogens is 314 g/mol. The SMILES string of the molecule is CC1(C)CCC(O)(Cc2c(F)ccc(Br)c2F)CC1. The molecule has 0 aromatic heterocycles. The van der Waals surface area contributed by atoms with E-state index < -0.39 is 17.2 Å². The molecule has 0 atom stereocenters. The van der Waals surface area contributed by atoms with Gasteiger partial charge in [0.05, 0.1) is 10.1 Å². The third-order valence-electron chi connectivity index (χ3n) is 4.18. The molecular formula is C15H19BrF2O. The Morgan fingerprint density at radius 2 is 1.74 bits per heavy atom. The molecule has 1 aromatic carbocycles. The van der Waals surface area contributed by atoms with Crippen LogP contribution in [0.1, 0.15) is 45.1 Å². The van der Waals surface area contributed by atoms with Crippen LogP contribution in [0.4, 0.5) is 8.78 Å². The number of benzene rings is 1. The summed E-state index contributed by atoms with van der Waals surface area (Å²) >= 11 is 3.06. The van der Waals surface area contributed by atoms with Crippen molar-refractivity contribution in [2.45, 2.75) is 51.6 Å². The first kappa shape index (κ1) is 14.9. The normalized spacial score (nSPS) is 21.4. The Bertz CT molecular complexity index is 475. The Morgan fingerprint density at radius 1 is 1.16 bits per heavy atom. The number of rotatable bonds is 2. The molecule has 0 amide bonds. The average molecular weight is 333 g/mol. The van der Waals surface area contributed by atoms with Gasteiger partial charge in [0.25, 0.3) is 0 Å². The van der Waals surface area contributed by atoms with E-state index in [0.717, 1.165) is 12.8 Å². The maximum absolute atomic E-state index is 13.9. The van der Waals surface area contributed by atoms with Crippen molar-refractivity contribution in [2.24, 2.45) is 5.41 Å². The van der Waals surface area contributed by atoms with E-state index in [1.54, 1.807) is 0 Å². The molecule has 1 aliphatic rings. The molecule has 1 aliphatic carbocycles. The third kappa shape index (κ3) is 3.34. The van der Waals surface area contributed by atoms with Gasteiger partial charge in [-0.1, -0.05) is 13.8 Å². The summed E-state index contributed by atoms with van der Waals surface area (Å²) in [5.41, 5.74) is -0.796. The molecule has 2 rings (SSSR count). The molecule has 0 bridgehead atoms. The lowest BCUT2D eigenvalue weighted by molar-refractivity contribution is -0.0262. The molecule has 1 N–H and O–H groups in total. The van der Waals surface area contributed by atoms with Crippen molar-refractivity contribution in [3.63, 3.8) is 0 Å². The highest BCUT2D eigenvalue weighted by atomic mass is 79.9. The van der Waals surface area contributed by atoms with E-state index in [0.29, 0.717) is 12.8 Å². The summed E-state index contributed by atoms with van der Waals surface area (Å²) in [4.78, 5) is 0. The Morgan fingerprint density at radius 3 is 2.32 bits per heavy atom. The lowest BCUT2D eigenvalue weighted by atomic mass is 9.69. The second-order valence-corrected chi connectivity index (χ2v) is 7.24. The maximum Gasteiger partial charge on any atom is 0.143 e. The Labute approximate surface area is 121 Å². The van der Waals surface area contributed by atoms with E-state index >= 15 is 0 Å². The van der Waals surface area contributed by atoms with Crippen molar-refractivity contribution in [3.8, 4) is 0 Å². The second-order valence-electron chi connectivity index (χ2n) is 6.39. The summed E-state index contributed by atoms with van der Waals surface area (Å²) in [6, 6.07) is 2.58. The minimum absolute atomic E-state index is 0.0171. The van der Waals surface area contributed by atoms with Crippen LogP contribution in [0, 0.1) is 17.0 Å². The van der Waals surface area contributed by atoms with Crippen LogP contribution in [0.15, 0.2) is 16.6 Å². The first-order valence-corrected chi connectivity index (χ1v) is 7.37. The van der Waals surface area contributed by atoms with Gasteiger partial charge in [0.2, 0.25) is 0 Å². The van der Waals surface area contributed by atoms with Crippen LogP contribution in [-0.2, 0) is 6.42 Å². The molecule has 1 aromatic rings. The van der Waals surface area contributed by atoms with Crippen LogP contribution < -0.4 is 0 Å². The van der Waals surface area contributed by atoms with Gasteiger partial charge < -0.3 is 5.11 Å². The fraction of sp³-hybridized carbons (Fsp3) is 0.600. The van der Waals surface area contributed by atoms with Gasteiger partial charge in [0.1, 0.15) is 11.6 Å². The molecule has 0 unspecified atom stereocenters. The molecule has 0 radical (unpaired) electrons. The predicted octanol–water partition coefficient (Wildman–Crippen LogP) is 4.60. The first-order valence-electron chi connectivity index (χ1n) is 6.57. The van der Waals surface area contributed by atoms with Gasteiger partial charge in [-0.2, -0.15) is 0 Å². The molecule has 0 spiro atoms. The van der Waals surface area contributed by atoms with E-state index in [4.69, 9.17) is 0 Å². The molecule has 106 valence electrons.